The van der Waals surface area contributed by atoms with Gasteiger partial charge in [-0.1, -0.05) is 31.4 Å². The summed E-state index contributed by atoms with van der Waals surface area (Å²) in [6, 6.07) is 10.5. The molecule has 148 valence electrons. The zero-order valence-corrected chi connectivity index (χ0v) is 16.6. The number of ether oxygens (including phenoxy) is 1. The van der Waals surface area contributed by atoms with E-state index in [1.807, 2.05) is 35.2 Å². The Labute approximate surface area is 167 Å². The van der Waals surface area contributed by atoms with E-state index >= 15 is 0 Å². The molecule has 2 aliphatic rings. The number of carbonyl (C=O) groups is 1. The SMILES string of the molecule is COc1cncc(-c2cccc(C(=O)N3CCN(C4CCCCC4)CC3)c2)c1. The number of rotatable bonds is 4. The number of piperazine rings is 1. The molecule has 1 aromatic heterocycles. The highest BCUT2D eigenvalue weighted by atomic mass is 16.5. The normalized spacial score (nSPS) is 18.8. The van der Waals surface area contributed by atoms with Gasteiger partial charge < -0.3 is 9.64 Å². The molecule has 0 spiro atoms. The van der Waals surface area contributed by atoms with Gasteiger partial charge in [0.05, 0.1) is 13.3 Å². The number of hydrogen-bond donors (Lipinski definition) is 0. The maximum atomic E-state index is 13.1. The Morgan fingerprint density at radius 3 is 2.54 bits per heavy atom. The first-order valence-corrected chi connectivity index (χ1v) is 10.4. The summed E-state index contributed by atoms with van der Waals surface area (Å²) in [5, 5.41) is 0. The molecule has 0 radical (unpaired) electrons. The van der Waals surface area contributed by atoms with Crippen molar-refractivity contribution < 1.29 is 9.53 Å². The molecule has 1 saturated carbocycles. The second kappa shape index (κ2) is 8.74. The number of benzene rings is 1. The van der Waals surface area contributed by atoms with Gasteiger partial charge in [0, 0.05) is 49.5 Å². The van der Waals surface area contributed by atoms with Crippen LogP contribution in [0.3, 0.4) is 0 Å². The Morgan fingerprint density at radius 1 is 1.00 bits per heavy atom. The number of nitrogens with zero attached hydrogens (tertiary/aromatic N) is 3. The lowest BCUT2D eigenvalue weighted by Crippen LogP contribution is -2.52. The van der Waals surface area contributed by atoms with Crippen molar-refractivity contribution in [3.63, 3.8) is 0 Å². The maximum Gasteiger partial charge on any atom is 0.253 e. The van der Waals surface area contributed by atoms with Gasteiger partial charge in [-0.3, -0.25) is 14.7 Å². The fourth-order valence-corrected chi connectivity index (χ4v) is 4.44. The average molecular weight is 380 g/mol. The highest BCUT2D eigenvalue weighted by molar-refractivity contribution is 5.95. The summed E-state index contributed by atoms with van der Waals surface area (Å²) < 4.78 is 5.27. The lowest BCUT2D eigenvalue weighted by Gasteiger charge is -2.40. The first-order chi connectivity index (χ1) is 13.7. The van der Waals surface area contributed by atoms with Crippen LogP contribution in [0.2, 0.25) is 0 Å². The topological polar surface area (TPSA) is 45.7 Å². The number of aromatic nitrogens is 1. The summed E-state index contributed by atoms with van der Waals surface area (Å²) >= 11 is 0. The monoisotopic (exact) mass is 379 g/mol. The third kappa shape index (κ3) is 4.20. The summed E-state index contributed by atoms with van der Waals surface area (Å²) in [6.07, 6.45) is 10.2. The molecular weight excluding hydrogens is 350 g/mol. The van der Waals surface area contributed by atoms with Crippen LogP contribution >= 0.6 is 0 Å². The molecule has 1 aliphatic carbocycles. The van der Waals surface area contributed by atoms with Crippen molar-refractivity contribution in [1.82, 2.24) is 14.8 Å². The third-order valence-corrected chi connectivity index (χ3v) is 6.08. The lowest BCUT2D eigenvalue weighted by molar-refractivity contribution is 0.0523. The van der Waals surface area contributed by atoms with Gasteiger partial charge in [0.1, 0.15) is 5.75 Å². The van der Waals surface area contributed by atoms with Gasteiger partial charge >= 0.3 is 0 Å². The molecule has 2 heterocycles. The molecule has 2 aromatic rings. The first-order valence-electron chi connectivity index (χ1n) is 10.4. The highest BCUT2D eigenvalue weighted by Gasteiger charge is 2.27. The van der Waals surface area contributed by atoms with Crippen molar-refractivity contribution in [2.75, 3.05) is 33.3 Å². The molecule has 1 aromatic carbocycles. The number of methoxy groups -OCH3 is 1. The van der Waals surface area contributed by atoms with Crippen molar-refractivity contribution in [3.05, 3.63) is 48.3 Å². The van der Waals surface area contributed by atoms with Crippen LogP contribution in [0.4, 0.5) is 0 Å². The highest BCUT2D eigenvalue weighted by Crippen LogP contribution is 2.25. The van der Waals surface area contributed by atoms with Crippen molar-refractivity contribution >= 4 is 5.91 Å². The Balaban J connectivity index is 1.42. The minimum absolute atomic E-state index is 0.126. The quantitative estimate of drug-likeness (QED) is 0.810. The molecule has 0 N–H and O–H groups in total. The molecule has 5 heteroatoms. The molecule has 1 aliphatic heterocycles. The Hall–Kier alpha value is -2.40. The van der Waals surface area contributed by atoms with E-state index in [4.69, 9.17) is 4.74 Å². The van der Waals surface area contributed by atoms with Crippen molar-refractivity contribution in [1.29, 1.82) is 0 Å². The van der Waals surface area contributed by atoms with Gasteiger partial charge in [-0.25, -0.2) is 0 Å². The average Bonchev–Trinajstić information content (AvgIpc) is 2.79. The van der Waals surface area contributed by atoms with Crippen molar-refractivity contribution in [2.45, 2.75) is 38.1 Å². The summed E-state index contributed by atoms with van der Waals surface area (Å²) in [4.78, 5) is 21.9. The van der Waals surface area contributed by atoms with E-state index < -0.39 is 0 Å². The molecule has 4 rings (SSSR count). The first kappa shape index (κ1) is 18.9. The summed E-state index contributed by atoms with van der Waals surface area (Å²) in [7, 11) is 1.63. The van der Waals surface area contributed by atoms with Crippen LogP contribution in [-0.4, -0.2) is 60.0 Å². The van der Waals surface area contributed by atoms with E-state index in [0.717, 1.165) is 48.9 Å². The van der Waals surface area contributed by atoms with Crippen molar-refractivity contribution in [3.8, 4) is 16.9 Å². The van der Waals surface area contributed by atoms with E-state index in [2.05, 4.69) is 9.88 Å². The van der Waals surface area contributed by atoms with Crippen LogP contribution in [0.15, 0.2) is 42.7 Å². The zero-order chi connectivity index (χ0) is 19.3. The van der Waals surface area contributed by atoms with Gasteiger partial charge in [0.2, 0.25) is 0 Å². The predicted molar refractivity (Wildman–Crippen MR) is 111 cm³/mol. The molecule has 1 amide bonds. The molecule has 5 nitrogen and oxygen atoms in total. The Bertz CT molecular complexity index is 809. The summed E-state index contributed by atoms with van der Waals surface area (Å²) in [6.45, 7) is 3.63. The third-order valence-electron chi connectivity index (χ3n) is 6.08. The molecule has 0 atom stereocenters. The minimum Gasteiger partial charge on any atom is -0.495 e. The number of amides is 1. The Kier molecular flexibility index (Phi) is 5.91. The van der Waals surface area contributed by atoms with Crippen LogP contribution in [-0.2, 0) is 0 Å². The van der Waals surface area contributed by atoms with Crippen LogP contribution in [0, 0.1) is 0 Å². The lowest BCUT2D eigenvalue weighted by atomic mass is 9.94. The molecule has 2 fully saturated rings. The van der Waals surface area contributed by atoms with E-state index in [-0.39, 0.29) is 5.91 Å². The number of hydrogen-bond acceptors (Lipinski definition) is 4. The summed E-state index contributed by atoms with van der Waals surface area (Å²) in [5.41, 5.74) is 2.68. The van der Waals surface area contributed by atoms with E-state index in [1.54, 1.807) is 19.5 Å². The minimum atomic E-state index is 0.126. The van der Waals surface area contributed by atoms with Crippen LogP contribution in [0.5, 0.6) is 5.75 Å². The molecule has 0 unspecified atom stereocenters. The summed E-state index contributed by atoms with van der Waals surface area (Å²) in [5.74, 6) is 0.842. The van der Waals surface area contributed by atoms with Gasteiger partial charge in [-0.15, -0.1) is 0 Å². The molecule has 1 saturated heterocycles. The molecular formula is C23H29N3O2. The van der Waals surface area contributed by atoms with Crippen LogP contribution in [0.1, 0.15) is 42.5 Å². The van der Waals surface area contributed by atoms with Gasteiger partial charge in [-0.05, 0) is 36.6 Å². The fraction of sp³-hybridized carbons (Fsp3) is 0.478. The van der Waals surface area contributed by atoms with Crippen LogP contribution < -0.4 is 4.74 Å². The smallest absolute Gasteiger partial charge is 0.253 e. The molecule has 0 bridgehead atoms. The van der Waals surface area contributed by atoms with E-state index in [1.165, 1.54) is 32.1 Å². The van der Waals surface area contributed by atoms with Crippen molar-refractivity contribution in [2.24, 2.45) is 0 Å². The van der Waals surface area contributed by atoms with E-state index in [0.29, 0.717) is 5.75 Å². The van der Waals surface area contributed by atoms with Gasteiger partial charge in [0.15, 0.2) is 0 Å². The standard InChI is InChI=1S/C23H29N3O2/c1-28-22-15-20(16-24-17-22)18-6-5-7-19(14-18)23(27)26-12-10-25(11-13-26)21-8-3-2-4-9-21/h5-7,14-17,21H,2-4,8-13H2,1H3. The fourth-order valence-electron chi connectivity index (χ4n) is 4.44. The van der Waals surface area contributed by atoms with Crippen LogP contribution in [0.25, 0.3) is 11.1 Å². The Morgan fingerprint density at radius 2 is 1.79 bits per heavy atom. The second-order valence-electron chi connectivity index (χ2n) is 7.81. The zero-order valence-electron chi connectivity index (χ0n) is 16.6. The van der Waals surface area contributed by atoms with Gasteiger partial charge in [0.25, 0.3) is 5.91 Å². The number of carbonyl (C=O) groups excluding carboxylic acids is 1. The largest absolute Gasteiger partial charge is 0.495 e. The predicted octanol–water partition coefficient (Wildman–Crippen LogP) is 3.85. The number of pyridine rings is 1. The maximum absolute atomic E-state index is 13.1. The van der Waals surface area contributed by atoms with Gasteiger partial charge in [-0.2, -0.15) is 0 Å². The molecule has 28 heavy (non-hydrogen) atoms. The second-order valence-corrected chi connectivity index (χ2v) is 7.81. The van der Waals surface area contributed by atoms with E-state index in [9.17, 15) is 4.79 Å².